The molecule has 3 aromatic heterocycles. The normalized spacial score (nSPS) is 20.0. The van der Waals surface area contributed by atoms with E-state index in [0.29, 0.717) is 12.2 Å². The maximum absolute atomic E-state index is 12.9. The van der Waals surface area contributed by atoms with E-state index in [9.17, 15) is 4.79 Å². The second-order valence-corrected chi connectivity index (χ2v) is 7.63. The number of carbonyl (C=O) groups excluding carboxylic acids is 1. The molecule has 0 spiro atoms. The smallest absolute Gasteiger partial charge is 0.274 e. The Bertz CT molecular complexity index is 967. The molecule has 0 unspecified atom stereocenters. The molecule has 1 aliphatic rings. The van der Waals surface area contributed by atoms with Gasteiger partial charge in [0.05, 0.1) is 17.4 Å². The molecule has 140 valence electrons. The Morgan fingerprint density at radius 3 is 2.89 bits per heavy atom. The molecule has 1 atom stereocenters. The van der Waals surface area contributed by atoms with Gasteiger partial charge < -0.3 is 14.2 Å². The average molecular weight is 364 g/mol. The van der Waals surface area contributed by atoms with E-state index >= 15 is 0 Å². The van der Waals surface area contributed by atoms with Crippen LogP contribution in [0.25, 0.3) is 5.52 Å². The predicted molar refractivity (Wildman–Crippen MR) is 104 cm³/mol. The quantitative estimate of drug-likeness (QED) is 0.714. The number of hydrogen-bond acceptors (Lipinski definition) is 5. The predicted octanol–water partition coefficient (Wildman–Crippen LogP) is 2.38. The van der Waals surface area contributed by atoms with Crippen molar-refractivity contribution in [1.29, 1.82) is 0 Å². The number of aromatic nitrogens is 4. The van der Waals surface area contributed by atoms with Crippen LogP contribution < -0.4 is 4.90 Å². The van der Waals surface area contributed by atoms with E-state index in [1.54, 1.807) is 12.4 Å². The van der Waals surface area contributed by atoms with Crippen LogP contribution in [-0.2, 0) is 5.41 Å². The summed E-state index contributed by atoms with van der Waals surface area (Å²) in [5, 5.41) is 0. The Morgan fingerprint density at radius 2 is 2.15 bits per heavy atom. The highest BCUT2D eigenvalue weighted by Crippen LogP contribution is 2.34. The Labute approximate surface area is 158 Å². The topological polar surface area (TPSA) is 66.6 Å². The summed E-state index contributed by atoms with van der Waals surface area (Å²) in [5.74, 6) is 0.875. The lowest BCUT2D eigenvalue weighted by Gasteiger charge is -2.40. The third-order valence-electron chi connectivity index (χ3n) is 5.30. The van der Waals surface area contributed by atoms with Crippen LogP contribution in [0, 0.1) is 0 Å². The molecule has 4 heterocycles. The van der Waals surface area contributed by atoms with Crippen molar-refractivity contribution in [3.05, 3.63) is 54.5 Å². The summed E-state index contributed by atoms with van der Waals surface area (Å²) in [6.45, 7) is 3.55. The highest BCUT2D eigenvalue weighted by molar-refractivity contribution is 5.92. The van der Waals surface area contributed by atoms with Gasteiger partial charge in [-0.15, -0.1) is 0 Å². The first kappa shape index (κ1) is 17.5. The number of piperidine rings is 1. The van der Waals surface area contributed by atoms with Crippen molar-refractivity contribution in [3.8, 4) is 0 Å². The summed E-state index contributed by atoms with van der Waals surface area (Å²) in [4.78, 5) is 29.9. The van der Waals surface area contributed by atoms with Crippen molar-refractivity contribution < 1.29 is 4.79 Å². The molecule has 0 bridgehead atoms. The lowest BCUT2D eigenvalue weighted by molar-refractivity contribution is 0.0641. The van der Waals surface area contributed by atoms with E-state index in [1.165, 1.54) is 6.20 Å². The molecule has 4 rings (SSSR count). The van der Waals surface area contributed by atoms with Crippen molar-refractivity contribution in [1.82, 2.24) is 24.3 Å². The Hall–Kier alpha value is -2.96. The molecule has 0 N–H and O–H groups in total. The molecule has 1 saturated heterocycles. The number of fused-ring (bicyclic) bond motifs is 1. The maximum Gasteiger partial charge on any atom is 0.274 e. The van der Waals surface area contributed by atoms with Gasteiger partial charge in [-0.3, -0.25) is 9.78 Å². The molecule has 1 aliphatic heterocycles. The number of nitrogens with zero attached hydrogens (tertiary/aromatic N) is 6. The summed E-state index contributed by atoms with van der Waals surface area (Å²) >= 11 is 0. The molecular formula is C20H24N6O. The zero-order chi connectivity index (χ0) is 19.0. The van der Waals surface area contributed by atoms with Gasteiger partial charge in [-0.2, -0.15) is 0 Å². The van der Waals surface area contributed by atoms with E-state index in [-0.39, 0.29) is 11.3 Å². The fourth-order valence-electron chi connectivity index (χ4n) is 3.84. The molecule has 3 aromatic rings. The van der Waals surface area contributed by atoms with Gasteiger partial charge in [-0.05, 0) is 25.0 Å². The average Bonchev–Trinajstić information content (AvgIpc) is 3.16. The minimum Gasteiger partial charge on any atom is -0.361 e. The van der Waals surface area contributed by atoms with Crippen LogP contribution in [-0.4, -0.2) is 57.3 Å². The number of likely N-dealkylation sites (tertiary alicyclic amines) is 1. The first-order chi connectivity index (χ1) is 13.0. The molecule has 0 radical (unpaired) electrons. The molecule has 27 heavy (non-hydrogen) atoms. The molecule has 1 amide bonds. The minimum atomic E-state index is -0.209. The first-order valence-corrected chi connectivity index (χ1v) is 9.19. The molecule has 0 saturated carbocycles. The number of carbonyl (C=O) groups is 1. The largest absolute Gasteiger partial charge is 0.361 e. The lowest BCUT2D eigenvalue weighted by Crippen LogP contribution is -2.47. The van der Waals surface area contributed by atoms with E-state index in [2.05, 4.69) is 33.6 Å². The first-order valence-electron chi connectivity index (χ1n) is 9.19. The van der Waals surface area contributed by atoms with Crippen LogP contribution in [0.15, 0.2) is 43.1 Å². The number of rotatable bonds is 3. The van der Waals surface area contributed by atoms with Gasteiger partial charge in [0.1, 0.15) is 5.69 Å². The van der Waals surface area contributed by atoms with Crippen LogP contribution in [0.4, 0.5) is 5.82 Å². The fourth-order valence-corrected chi connectivity index (χ4v) is 3.84. The number of hydrogen-bond donors (Lipinski definition) is 0. The fraction of sp³-hybridized carbons (Fsp3) is 0.400. The summed E-state index contributed by atoms with van der Waals surface area (Å²) in [6.07, 6.45) is 10.7. The standard InChI is InChI=1S/C20H24N6O/c1-20(17-13-25-10-4-6-16(25)18(23-17)24(2)3)7-5-11-26(14-20)19(27)15-12-21-8-9-22-15/h4,6,8-10,12-13H,5,7,11,14H2,1-3H3/t20-/m0/s1. The summed E-state index contributed by atoms with van der Waals surface area (Å²) in [5.41, 5.74) is 2.27. The second-order valence-electron chi connectivity index (χ2n) is 7.63. The van der Waals surface area contributed by atoms with Crippen molar-refractivity contribution in [2.24, 2.45) is 0 Å². The van der Waals surface area contributed by atoms with Crippen molar-refractivity contribution in [3.63, 3.8) is 0 Å². The molecule has 0 aromatic carbocycles. The molecule has 7 heteroatoms. The van der Waals surface area contributed by atoms with Crippen molar-refractivity contribution in [2.75, 3.05) is 32.1 Å². The Morgan fingerprint density at radius 1 is 1.30 bits per heavy atom. The van der Waals surface area contributed by atoms with Crippen LogP contribution in [0.1, 0.15) is 35.9 Å². The molecule has 7 nitrogen and oxygen atoms in total. The van der Waals surface area contributed by atoms with E-state index < -0.39 is 0 Å². The Balaban J connectivity index is 1.68. The highest BCUT2D eigenvalue weighted by Gasteiger charge is 2.37. The van der Waals surface area contributed by atoms with Crippen LogP contribution in [0.3, 0.4) is 0 Å². The SMILES string of the molecule is CN(C)c1nc([C@@]2(C)CCCN(C(=O)c3cnccn3)C2)cn2cccc12. The summed E-state index contributed by atoms with van der Waals surface area (Å²) < 4.78 is 2.12. The van der Waals surface area contributed by atoms with Gasteiger partial charge in [0.15, 0.2) is 5.82 Å². The maximum atomic E-state index is 12.9. The van der Waals surface area contributed by atoms with E-state index in [0.717, 1.165) is 36.4 Å². The van der Waals surface area contributed by atoms with Gasteiger partial charge in [0, 0.05) is 57.4 Å². The van der Waals surface area contributed by atoms with E-state index in [4.69, 9.17) is 4.98 Å². The van der Waals surface area contributed by atoms with Gasteiger partial charge in [-0.1, -0.05) is 6.92 Å². The number of anilines is 1. The zero-order valence-electron chi connectivity index (χ0n) is 16.0. The van der Waals surface area contributed by atoms with Gasteiger partial charge in [0.2, 0.25) is 0 Å². The molecule has 1 fully saturated rings. The number of amides is 1. The summed E-state index contributed by atoms with van der Waals surface area (Å²) in [6, 6.07) is 4.10. The molecule has 0 aliphatic carbocycles. The van der Waals surface area contributed by atoms with Crippen LogP contribution in [0.2, 0.25) is 0 Å². The minimum absolute atomic E-state index is 0.0658. The Kier molecular flexibility index (Phi) is 4.30. The summed E-state index contributed by atoms with van der Waals surface area (Å²) in [7, 11) is 4.01. The van der Waals surface area contributed by atoms with Gasteiger partial charge in [0.25, 0.3) is 5.91 Å². The zero-order valence-corrected chi connectivity index (χ0v) is 16.0. The second kappa shape index (κ2) is 6.64. The monoisotopic (exact) mass is 364 g/mol. The third-order valence-corrected chi connectivity index (χ3v) is 5.30. The lowest BCUT2D eigenvalue weighted by atomic mass is 9.79. The van der Waals surface area contributed by atoms with Gasteiger partial charge >= 0.3 is 0 Å². The van der Waals surface area contributed by atoms with Crippen molar-refractivity contribution >= 4 is 17.2 Å². The van der Waals surface area contributed by atoms with E-state index in [1.807, 2.05) is 36.2 Å². The van der Waals surface area contributed by atoms with Gasteiger partial charge in [-0.25, -0.2) is 9.97 Å². The molecular weight excluding hydrogens is 340 g/mol. The van der Waals surface area contributed by atoms with Crippen molar-refractivity contribution in [2.45, 2.75) is 25.2 Å². The van der Waals surface area contributed by atoms with Crippen LogP contribution >= 0.6 is 0 Å². The third kappa shape index (κ3) is 3.13. The highest BCUT2D eigenvalue weighted by atomic mass is 16.2. The van der Waals surface area contributed by atoms with Crippen LogP contribution in [0.5, 0.6) is 0 Å².